The van der Waals surface area contributed by atoms with Crippen molar-refractivity contribution in [3.8, 4) is 22.5 Å². The van der Waals surface area contributed by atoms with E-state index in [1.165, 1.54) is 22.5 Å². The lowest BCUT2D eigenvalue weighted by atomic mass is 10.1. The molecule has 0 unspecified atom stereocenters. The van der Waals surface area contributed by atoms with Crippen molar-refractivity contribution in [2.75, 3.05) is 0 Å². The highest BCUT2D eigenvalue weighted by molar-refractivity contribution is 5.66. The van der Waals surface area contributed by atoms with Crippen LogP contribution in [0.5, 0.6) is 0 Å². The first-order chi connectivity index (χ1) is 10.3. The molecule has 0 saturated heterocycles. The molecular formula is C19H21N2+. The Kier molecular flexibility index (Phi) is 3.87. The molecule has 0 amide bonds. The maximum atomic E-state index is 2.36. The van der Waals surface area contributed by atoms with Crippen LogP contribution >= 0.6 is 0 Å². The summed E-state index contributed by atoms with van der Waals surface area (Å²) in [4.78, 5) is 0. The Morgan fingerprint density at radius 1 is 0.810 bits per heavy atom. The van der Waals surface area contributed by atoms with E-state index in [0.29, 0.717) is 0 Å². The van der Waals surface area contributed by atoms with E-state index in [0.717, 1.165) is 13.1 Å². The van der Waals surface area contributed by atoms with E-state index in [1.54, 1.807) is 0 Å². The summed E-state index contributed by atoms with van der Waals surface area (Å²) in [6, 6.07) is 23.5. The normalized spacial score (nSPS) is 10.8. The van der Waals surface area contributed by atoms with Gasteiger partial charge in [0.15, 0.2) is 6.54 Å². The molecule has 0 fully saturated rings. The minimum atomic E-state index is 0.963. The molecule has 2 nitrogen and oxygen atoms in total. The van der Waals surface area contributed by atoms with Crippen LogP contribution in [0.1, 0.15) is 13.8 Å². The first-order valence-electron chi connectivity index (χ1n) is 7.59. The molecule has 0 spiro atoms. The molecule has 0 bridgehead atoms. The summed E-state index contributed by atoms with van der Waals surface area (Å²) in [6.07, 6.45) is 0. The third-order valence-corrected chi connectivity index (χ3v) is 3.86. The summed E-state index contributed by atoms with van der Waals surface area (Å²) in [5.74, 6) is 0. The Bertz CT molecular complexity index is 650. The number of nitrogens with zero attached hydrogens (tertiary/aromatic N) is 2. The molecule has 0 aliphatic carbocycles. The van der Waals surface area contributed by atoms with Crippen molar-refractivity contribution in [2.45, 2.75) is 26.9 Å². The molecule has 1 aromatic heterocycles. The lowest BCUT2D eigenvalue weighted by molar-refractivity contribution is -0.761. The van der Waals surface area contributed by atoms with Crippen LogP contribution in [0.25, 0.3) is 22.5 Å². The minimum Gasteiger partial charge on any atom is -0.153 e. The highest BCUT2D eigenvalue weighted by Gasteiger charge is 2.22. The van der Waals surface area contributed by atoms with E-state index in [2.05, 4.69) is 89.9 Å². The molecular weight excluding hydrogens is 256 g/mol. The van der Waals surface area contributed by atoms with Gasteiger partial charge in [-0.2, -0.15) is 4.68 Å². The summed E-state index contributed by atoms with van der Waals surface area (Å²) in [6.45, 7) is 6.33. The number of hydrogen-bond donors (Lipinski definition) is 0. The molecule has 3 rings (SSSR count). The minimum absolute atomic E-state index is 0.963. The van der Waals surface area contributed by atoms with Crippen LogP contribution in [-0.2, 0) is 13.1 Å². The zero-order chi connectivity index (χ0) is 14.7. The standard InChI is InChI=1S/C19H21N2/c1-3-20-18(16-11-7-5-8-12-16)15-19(21(20)4-2)17-13-9-6-10-14-17/h5-15H,3-4H2,1-2H3/q+1. The average Bonchev–Trinajstić information content (AvgIpc) is 2.95. The highest BCUT2D eigenvalue weighted by Crippen LogP contribution is 2.25. The van der Waals surface area contributed by atoms with Crippen LogP contribution < -0.4 is 4.68 Å². The number of aromatic nitrogens is 2. The van der Waals surface area contributed by atoms with Crippen LogP contribution in [0, 0.1) is 0 Å². The number of benzene rings is 2. The molecule has 0 aliphatic heterocycles. The van der Waals surface area contributed by atoms with E-state index < -0.39 is 0 Å². The summed E-state index contributed by atoms with van der Waals surface area (Å²) >= 11 is 0. The van der Waals surface area contributed by atoms with Crippen LogP contribution in [0.15, 0.2) is 66.7 Å². The Balaban J connectivity index is 2.21. The van der Waals surface area contributed by atoms with Gasteiger partial charge in [0, 0.05) is 17.2 Å². The first kappa shape index (κ1) is 13.6. The fourth-order valence-electron chi connectivity index (χ4n) is 2.90. The molecule has 0 atom stereocenters. The van der Waals surface area contributed by atoms with Gasteiger partial charge in [-0.25, -0.2) is 0 Å². The molecule has 2 aromatic carbocycles. The average molecular weight is 277 g/mol. The smallest absolute Gasteiger partial charge is 0.153 e. The first-order valence-corrected chi connectivity index (χ1v) is 7.59. The van der Waals surface area contributed by atoms with Crippen LogP contribution in [0.4, 0.5) is 0 Å². The van der Waals surface area contributed by atoms with E-state index in [9.17, 15) is 0 Å². The van der Waals surface area contributed by atoms with E-state index in [4.69, 9.17) is 0 Å². The van der Waals surface area contributed by atoms with E-state index >= 15 is 0 Å². The van der Waals surface area contributed by atoms with Crippen LogP contribution in [0.2, 0.25) is 0 Å². The van der Waals surface area contributed by atoms with Gasteiger partial charge < -0.3 is 0 Å². The monoisotopic (exact) mass is 277 g/mol. The predicted molar refractivity (Wildman–Crippen MR) is 86.8 cm³/mol. The van der Waals surface area contributed by atoms with Crippen LogP contribution in [-0.4, -0.2) is 4.68 Å². The topological polar surface area (TPSA) is 8.81 Å². The molecule has 21 heavy (non-hydrogen) atoms. The van der Waals surface area contributed by atoms with Gasteiger partial charge in [0.05, 0.1) is 6.54 Å². The molecule has 0 N–H and O–H groups in total. The quantitative estimate of drug-likeness (QED) is 0.633. The van der Waals surface area contributed by atoms with Crippen molar-refractivity contribution in [1.29, 1.82) is 0 Å². The van der Waals surface area contributed by atoms with E-state index in [1.807, 2.05) is 0 Å². The van der Waals surface area contributed by atoms with Gasteiger partial charge in [-0.1, -0.05) is 48.5 Å². The van der Waals surface area contributed by atoms with Crippen molar-refractivity contribution in [3.05, 3.63) is 66.7 Å². The SMILES string of the molecule is CCn1c(-c2ccccc2)cc(-c2ccccc2)[n+]1CC. The molecule has 1 heterocycles. The molecule has 106 valence electrons. The fraction of sp³-hybridized carbons (Fsp3) is 0.211. The molecule has 0 aliphatic rings. The Labute approximate surface area is 126 Å². The van der Waals surface area contributed by atoms with Gasteiger partial charge in [-0.05, 0) is 26.0 Å². The molecule has 0 saturated carbocycles. The van der Waals surface area contributed by atoms with Gasteiger partial charge in [-0.15, -0.1) is 4.68 Å². The third-order valence-electron chi connectivity index (χ3n) is 3.86. The Hall–Kier alpha value is -2.35. The highest BCUT2D eigenvalue weighted by atomic mass is 15.4. The second-order valence-corrected chi connectivity index (χ2v) is 5.08. The van der Waals surface area contributed by atoms with Gasteiger partial charge in [-0.3, -0.25) is 0 Å². The molecule has 3 aromatic rings. The predicted octanol–water partition coefficient (Wildman–Crippen LogP) is 4.15. The zero-order valence-electron chi connectivity index (χ0n) is 12.7. The number of hydrogen-bond acceptors (Lipinski definition) is 0. The second kappa shape index (κ2) is 5.96. The maximum absolute atomic E-state index is 2.36. The van der Waals surface area contributed by atoms with Crippen molar-refractivity contribution < 1.29 is 4.68 Å². The Morgan fingerprint density at radius 3 is 1.90 bits per heavy atom. The lowest BCUT2D eigenvalue weighted by Gasteiger charge is -2.04. The Morgan fingerprint density at radius 2 is 1.38 bits per heavy atom. The summed E-state index contributed by atoms with van der Waals surface area (Å²) in [5, 5.41) is 0. The molecule has 2 heteroatoms. The van der Waals surface area contributed by atoms with Crippen molar-refractivity contribution in [1.82, 2.24) is 4.68 Å². The van der Waals surface area contributed by atoms with Crippen molar-refractivity contribution >= 4 is 0 Å². The maximum Gasteiger partial charge on any atom is 0.239 e. The van der Waals surface area contributed by atoms with Crippen LogP contribution in [0.3, 0.4) is 0 Å². The fourth-order valence-corrected chi connectivity index (χ4v) is 2.90. The summed E-state index contributed by atoms with van der Waals surface area (Å²) in [7, 11) is 0. The zero-order valence-corrected chi connectivity index (χ0v) is 12.7. The van der Waals surface area contributed by atoms with Gasteiger partial charge in [0.1, 0.15) is 5.69 Å². The third kappa shape index (κ3) is 2.49. The van der Waals surface area contributed by atoms with Gasteiger partial charge >= 0.3 is 0 Å². The summed E-state index contributed by atoms with van der Waals surface area (Å²) < 4.78 is 4.72. The summed E-state index contributed by atoms with van der Waals surface area (Å²) in [5.41, 5.74) is 5.09. The number of rotatable bonds is 4. The lowest BCUT2D eigenvalue weighted by Crippen LogP contribution is -2.43. The van der Waals surface area contributed by atoms with Gasteiger partial charge in [0.25, 0.3) is 0 Å². The largest absolute Gasteiger partial charge is 0.239 e. The van der Waals surface area contributed by atoms with Gasteiger partial charge in [0.2, 0.25) is 5.69 Å². The second-order valence-electron chi connectivity index (χ2n) is 5.08. The molecule has 0 radical (unpaired) electrons. The van der Waals surface area contributed by atoms with E-state index in [-0.39, 0.29) is 0 Å². The van der Waals surface area contributed by atoms with Crippen molar-refractivity contribution in [2.24, 2.45) is 0 Å². The van der Waals surface area contributed by atoms with Crippen molar-refractivity contribution in [3.63, 3.8) is 0 Å².